The first kappa shape index (κ1) is 12.8. The smallest absolute Gasteiger partial charge is 0.165 e. The molecule has 0 atom stereocenters. The topological polar surface area (TPSA) is 9.23 Å². The number of halogens is 4. The zero-order chi connectivity index (χ0) is 12.4. The molecule has 0 aliphatic heterocycles. The van der Waals surface area contributed by atoms with Gasteiger partial charge < -0.3 is 4.74 Å². The summed E-state index contributed by atoms with van der Waals surface area (Å²) in [6.45, 7) is 0. The molecule has 0 saturated carbocycles. The summed E-state index contributed by atoms with van der Waals surface area (Å²) in [6.07, 6.45) is 0. The third kappa shape index (κ3) is 2.99. The van der Waals surface area contributed by atoms with E-state index in [0.29, 0.717) is 31.6 Å². The standard InChI is InChI=1S/C12H5Cl4O/c13-7-4-5-11(10(16)6-7)17-12-8(14)2-1-3-9(12)15/h1-2,4-6H. The Bertz CT molecular complexity index is 534. The van der Waals surface area contributed by atoms with Gasteiger partial charge in [-0.3, -0.25) is 0 Å². The minimum Gasteiger partial charge on any atom is -0.453 e. The SMILES string of the molecule is Clc1ccc(Oc2c(Cl)[c]ccc2Cl)c(Cl)c1. The predicted molar refractivity (Wildman–Crippen MR) is 71.8 cm³/mol. The fourth-order valence-corrected chi connectivity index (χ4v) is 2.09. The molecule has 0 amide bonds. The molecular weight excluding hydrogens is 302 g/mol. The minimum atomic E-state index is 0.295. The van der Waals surface area contributed by atoms with Crippen LogP contribution in [0.1, 0.15) is 0 Å². The van der Waals surface area contributed by atoms with Crippen molar-refractivity contribution < 1.29 is 4.74 Å². The van der Waals surface area contributed by atoms with Crippen LogP contribution in [0.4, 0.5) is 0 Å². The van der Waals surface area contributed by atoms with Gasteiger partial charge in [0, 0.05) is 11.1 Å². The van der Waals surface area contributed by atoms with Gasteiger partial charge in [0.05, 0.1) is 15.1 Å². The van der Waals surface area contributed by atoms with E-state index in [1.165, 1.54) is 0 Å². The summed E-state index contributed by atoms with van der Waals surface area (Å²) in [6, 6.07) is 10.9. The Morgan fingerprint density at radius 1 is 0.941 bits per heavy atom. The summed E-state index contributed by atoms with van der Waals surface area (Å²) in [7, 11) is 0. The first-order chi connectivity index (χ1) is 8.08. The maximum Gasteiger partial charge on any atom is 0.165 e. The Kier molecular flexibility index (Phi) is 4.05. The summed E-state index contributed by atoms with van der Waals surface area (Å²) in [5.74, 6) is 0.750. The third-order valence-electron chi connectivity index (χ3n) is 1.96. The second-order valence-corrected chi connectivity index (χ2v) is 4.77. The lowest BCUT2D eigenvalue weighted by molar-refractivity contribution is 0.483. The Morgan fingerprint density at radius 3 is 2.35 bits per heavy atom. The number of ether oxygens (including phenoxy) is 1. The van der Waals surface area contributed by atoms with Crippen LogP contribution in [0.5, 0.6) is 11.5 Å². The van der Waals surface area contributed by atoms with Gasteiger partial charge >= 0.3 is 0 Å². The van der Waals surface area contributed by atoms with Crippen molar-refractivity contribution in [2.45, 2.75) is 0 Å². The van der Waals surface area contributed by atoms with Crippen LogP contribution >= 0.6 is 46.4 Å². The molecule has 0 fully saturated rings. The van der Waals surface area contributed by atoms with E-state index in [2.05, 4.69) is 6.07 Å². The molecule has 2 aromatic carbocycles. The first-order valence-electron chi connectivity index (χ1n) is 4.56. The van der Waals surface area contributed by atoms with Crippen molar-refractivity contribution in [1.29, 1.82) is 0 Å². The highest BCUT2D eigenvalue weighted by molar-refractivity contribution is 6.37. The third-order valence-corrected chi connectivity index (χ3v) is 3.07. The van der Waals surface area contributed by atoms with Gasteiger partial charge in [0.2, 0.25) is 0 Å². The van der Waals surface area contributed by atoms with Gasteiger partial charge in [-0.1, -0.05) is 52.5 Å². The quantitative estimate of drug-likeness (QED) is 0.672. The van der Waals surface area contributed by atoms with Crippen molar-refractivity contribution in [3.63, 3.8) is 0 Å². The Morgan fingerprint density at radius 2 is 1.71 bits per heavy atom. The number of hydrogen-bond acceptors (Lipinski definition) is 1. The average molecular weight is 307 g/mol. The number of benzene rings is 2. The lowest BCUT2D eigenvalue weighted by Gasteiger charge is -2.10. The summed E-state index contributed by atoms with van der Waals surface area (Å²) in [5, 5.41) is 1.59. The molecule has 0 aliphatic rings. The molecule has 0 aliphatic carbocycles. The molecule has 2 aromatic rings. The van der Waals surface area contributed by atoms with E-state index in [4.69, 9.17) is 51.1 Å². The summed E-state index contributed by atoms with van der Waals surface area (Å²) >= 11 is 23.7. The van der Waals surface area contributed by atoms with Gasteiger partial charge in [0.15, 0.2) is 5.75 Å². The first-order valence-corrected chi connectivity index (χ1v) is 6.07. The van der Waals surface area contributed by atoms with E-state index in [-0.39, 0.29) is 0 Å². The molecule has 0 unspecified atom stereocenters. The summed E-state index contributed by atoms with van der Waals surface area (Å²) < 4.78 is 5.54. The van der Waals surface area contributed by atoms with Crippen LogP contribution in [0, 0.1) is 6.07 Å². The molecular formula is C12H5Cl4O. The maximum atomic E-state index is 5.98. The Hall–Kier alpha value is -0.600. The van der Waals surface area contributed by atoms with E-state index in [9.17, 15) is 0 Å². The van der Waals surface area contributed by atoms with E-state index < -0.39 is 0 Å². The lowest BCUT2D eigenvalue weighted by atomic mass is 10.3. The molecule has 0 N–H and O–H groups in total. The summed E-state index contributed by atoms with van der Waals surface area (Å²) in [5.41, 5.74) is 0. The van der Waals surface area contributed by atoms with Crippen LogP contribution in [0.15, 0.2) is 30.3 Å². The highest BCUT2D eigenvalue weighted by Gasteiger charge is 2.10. The second-order valence-electron chi connectivity index (χ2n) is 3.15. The van der Waals surface area contributed by atoms with Crippen molar-refractivity contribution in [2.24, 2.45) is 0 Å². The van der Waals surface area contributed by atoms with E-state index in [1.54, 1.807) is 30.3 Å². The highest BCUT2D eigenvalue weighted by atomic mass is 35.5. The minimum absolute atomic E-state index is 0.295. The van der Waals surface area contributed by atoms with Crippen molar-refractivity contribution in [3.05, 3.63) is 56.5 Å². The number of rotatable bonds is 2. The predicted octanol–water partition coefficient (Wildman–Crippen LogP) is 5.89. The molecule has 17 heavy (non-hydrogen) atoms. The largest absolute Gasteiger partial charge is 0.453 e. The average Bonchev–Trinajstić information content (AvgIpc) is 2.26. The van der Waals surface area contributed by atoms with Crippen molar-refractivity contribution in [1.82, 2.24) is 0 Å². The van der Waals surface area contributed by atoms with Crippen LogP contribution in [0.25, 0.3) is 0 Å². The molecule has 5 heteroatoms. The van der Waals surface area contributed by atoms with E-state index >= 15 is 0 Å². The van der Waals surface area contributed by atoms with Gasteiger partial charge in [0.1, 0.15) is 5.75 Å². The van der Waals surface area contributed by atoms with Gasteiger partial charge in [-0.2, -0.15) is 0 Å². The van der Waals surface area contributed by atoms with Crippen LogP contribution in [0.3, 0.4) is 0 Å². The van der Waals surface area contributed by atoms with Gasteiger partial charge in [-0.25, -0.2) is 0 Å². The van der Waals surface area contributed by atoms with E-state index in [1.807, 2.05) is 0 Å². The monoisotopic (exact) mass is 305 g/mol. The molecule has 1 nitrogen and oxygen atoms in total. The fraction of sp³-hybridized carbons (Fsp3) is 0. The van der Waals surface area contributed by atoms with Crippen molar-refractivity contribution >= 4 is 46.4 Å². The molecule has 2 rings (SSSR count). The molecule has 0 spiro atoms. The van der Waals surface area contributed by atoms with Crippen LogP contribution in [-0.4, -0.2) is 0 Å². The van der Waals surface area contributed by atoms with Gasteiger partial charge in [-0.05, 0) is 24.3 Å². The van der Waals surface area contributed by atoms with Crippen molar-refractivity contribution in [3.8, 4) is 11.5 Å². The van der Waals surface area contributed by atoms with Crippen LogP contribution < -0.4 is 4.74 Å². The molecule has 0 bridgehead atoms. The van der Waals surface area contributed by atoms with E-state index in [0.717, 1.165) is 0 Å². The zero-order valence-corrected chi connectivity index (χ0v) is 11.3. The number of hydrogen-bond donors (Lipinski definition) is 0. The molecule has 0 aromatic heterocycles. The second kappa shape index (κ2) is 5.36. The molecule has 1 radical (unpaired) electrons. The Balaban J connectivity index is 2.38. The van der Waals surface area contributed by atoms with Gasteiger partial charge in [-0.15, -0.1) is 0 Å². The fourth-order valence-electron chi connectivity index (χ4n) is 1.20. The normalized spacial score (nSPS) is 10.4. The highest BCUT2D eigenvalue weighted by Crippen LogP contribution is 2.38. The lowest BCUT2D eigenvalue weighted by Crippen LogP contribution is -1.87. The molecule has 0 heterocycles. The zero-order valence-electron chi connectivity index (χ0n) is 8.31. The van der Waals surface area contributed by atoms with Crippen LogP contribution in [-0.2, 0) is 0 Å². The summed E-state index contributed by atoms with van der Waals surface area (Å²) in [4.78, 5) is 0. The van der Waals surface area contributed by atoms with Gasteiger partial charge in [0.25, 0.3) is 0 Å². The molecule has 0 saturated heterocycles. The Labute approximate surface area is 119 Å². The molecule has 87 valence electrons. The maximum absolute atomic E-state index is 5.98. The van der Waals surface area contributed by atoms with Crippen molar-refractivity contribution in [2.75, 3.05) is 0 Å². The van der Waals surface area contributed by atoms with Crippen LogP contribution in [0.2, 0.25) is 20.1 Å².